The molecule has 0 bridgehead atoms. The van der Waals surface area contributed by atoms with E-state index in [0.717, 1.165) is 10.6 Å². The minimum atomic E-state index is -0.576. The Morgan fingerprint density at radius 1 is 1.25 bits per heavy atom. The van der Waals surface area contributed by atoms with E-state index in [0.29, 0.717) is 16.6 Å². The molecule has 0 fully saturated rings. The average molecular weight is 409 g/mol. The highest BCUT2D eigenvalue weighted by Gasteiger charge is 2.10. The largest absolute Gasteiger partial charge is 0.452 e. The summed E-state index contributed by atoms with van der Waals surface area (Å²) in [5.74, 6) is -0.151. The number of aromatic nitrogens is 1. The van der Waals surface area contributed by atoms with Crippen molar-refractivity contribution in [3.05, 3.63) is 58.3 Å². The molecule has 0 unspecified atom stereocenters. The molecule has 1 aromatic heterocycles. The van der Waals surface area contributed by atoms with E-state index in [4.69, 9.17) is 4.74 Å². The lowest BCUT2D eigenvalue weighted by Crippen LogP contribution is -2.30. The van der Waals surface area contributed by atoms with Crippen molar-refractivity contribution in [1.29, 1.82) is 0 Å². The SMILES string of the molecule is Cc1ccc(SCCNC(=O)COC(=O)c2cncc(Br)c2)cc1. The maximum atomic E-state index is 11.8. The molecule has 0 aliphatic heterocycles. The van der Waals surface area contributed by atoms with Gasteiger partial charge >= 0.3 is 5.97 Å². The third kappa shape index (κ3) is 6.33. The van der Waals surface area contributed by atoms with Crippen LogP contribution in [-0.2, 0) is 9.53 Å². The van der Waals surface area contributed by atoms with E-state index in [-0.39, 0.29) is 12.5 Å². The lowest BCUT2D eigenvalue weighted by Gasteiger charge is -2.07. The molecular formula is C17H17BrN2O3S. The van der Waals surface area contributed by atoms with Crippen molar-refractivity contribution >= 4 is 39.6 Å². The van der Waals surface area contributed by atoms with Gasteiger partial charge in [-0.05, 0) is 41.1 Å². The molecule has 0 atom stereocenters. The lowest BCUT2D eigenvalue weighted by molar-refractivity contribution is -0.124. The average Bonchev–Trinajstić information content (AvgIpc) is 2.58. The van der Waals surface area contributed by atoms with E-state index in [1.165, 1.54) is 11.8 Å². The van der Waals surface area contributed by atoms with Gasteiger partial charge in [0, 0.05) is 34.1 Å². The van der Waals surface area contributed by atoms with Gasteiger partial charge in [0.2, 0.25) is 0 Å². The summed E-state index contributed by atoms with van der Waals surface area (Å²) < 4.78 is 5.63. The monoisotopic (exact) mass is 408 g/mol. The predicted molar refractivity (Wildman–Crippen MR) is 97.1 cm³/mol. The van der Waals surface area contributed by atoms with Gasteiger partial charge in [0.15, 0.2) is 6.61 Å². The van der Waals surface area contributed by atoms with Crippen LogP contribution in [0.3, 0.4) is 0 Å². The highest BCUT2D eigenvalue weighted by Crippen LogP contribution is 2.17. The Labute approximate surface area is 153 Å². The molecule has 126 valence electrons. The van der Waals surface area contributed by atoms with Gasteiger partial charge in [-0.25, -0.2) is 4.79 Å². The molecule has 2 rings (SSSR count). The second-order valence-electron chi connectivity index (χ2n) is 4.98. The number of amides is 1. The van der Waals surface area contributed by atoms with Crippen molar-refractivity contribution in [2.75, 3.05) is 18.9 Å². The molecule has 1 N–H and O–H groups in total. The number of aryl methyl sites for hydroxylation is 1. The van der Waals surface area contributed by atoms with Crippen LogP contribution in [0.2, 0.25) is 0 Å². The molecule has 5 nitrogen and oxygen atoms in total. The summed E-state index contributed by atoms with van der Waals surface area (Å²) in [7, 11) is 0. The molecule has 2 aromatic rings. The molecule has 0 spiro atoms. The third-order valence-electron chi connectivity index (χ3n) is 2.99. The Hall–Kier alpha value is -1.86. The Kier molecular flexibility index (Phi) is 7.27. The summed E-state index contributed by atoms with van der Waals surface area (Å²) >= 11 is 4.88. The summed E-state index contributed by atoms with van der Waals surface area (Å²) in [6.45, 7) is 2.24. The van der Waals surface area contributed by atoms with E-state index in [1.807, 2.05) is 6.92 Å². The number of hydrogen-bond acceptors (Lipinski definition) is 5. The highest BCUT2D eigenvalue weighted by molar-refractivity contribution is 9.10. The van der Waals surface area contributed by atoms with E-state index in [1.54, 1.807) is 24.0 Å². The van der Waals surface area contributed by atoms with Crippen LogP contribution in [0.1, 0.15) is 15.9 Å². The van der Waals surface area contributed by atoms with Crippen molar-refractivity contribution in [2.45, 2.75) is 11.8 Å². The van der Waals surface area contributed by atoms with E-state index in [9.17, 15) is 9.59 Å². The van der Waals surface area contributed by atoms with Crippen LogP contribution >= 0.6 is 27.7 Å². The summed E-state index contributed by atoms with van der Waals surface area (Å²) in [4.78, 5) is 28.5. The Morgan fingerprint density at radius 2 is 2.00 bits per heavy atom. The maximum Gasteiger partial charge on any atom is 0.340 e. The first-order chi connectivity index (χ1) is 11.5. The predicted octanol–water partition coefficient (Wildman–Crippen LogP) is 3.22. The first-order valence-corrected chi connectivity index (χ1v) is 9.06. The molecule has 0 saturated carbocycles. The number of carbonyl (C=O) groups is 2. The molecule has 0 saturated heterocycles. The maximum absolute atomic E-state index is 11.8. The van der Waals surface area contributed by atoms with Crippen LogP contribution in [0.4, 0.5) is 0 Å². The van der Waals surface area contributed by atoms with Gasteiger partial charge in [0.25, 0.3) is 5.91 Å². The summed E-state index contributed by atoms with van der Waals surface area (Å²) in [5.41, 5.74) is 1.52. The number of thioether (sulfide) groups is 1. The zero-order valence-corrected chi connectivity index (χ0v) is 15.5. The third-order valence-corrected chi connectivity index (χ3v) is 4.44. The molecular weight excluding hydrogens is 392 g/mol. The topological polar surface area (TPSA) is 68.3 Å². The van der Waals surface area contributed by atoms with Gasteiger partial charge < -0.3 is 10.1 Å². The van der Waals surface area contributed by atoms with Crippen LogP contribution in [0.25, 0.3) is 0 Å². The van der Waals surface area contributed by atoms with E-state index in [2.05, 4.69) is 50.5 Å². The molecule has 0 aliphatic rings. The van der Waals surface area contributed by atoms with Gasteiger partial charge in [-0.2, -0.15) is 0 Å². The van der Waals surface area contributed by atoms with Crippen molar-refractivity contribution in [2.24, 2.45) is 0 Å². The smallest absolute Gasteiger partial charge is 0.340 e. The number of ether oxygens (including phenoxy) is 1. The van der Waals surface area contributed by atoms with Crippen molar-refractivity contribution < 1.29 is 14.3 Å². The summed E-state index contributed by atoms with van der Waals surface area (Å²) in [5, 5.41) is 2.72. The first-order valence-electron chi connectivity index (χ1n) is 7.28. The Morgan fingerprint density at radius 3 is 2.71 bits per heavy atom. The van der Waals surface area contributed by atoms with Crippen LogP contribution in [0.15, 0.2) is 52.1 Å². The number of hydrogen-bond donors (Lipinski definition) is 1. The number of rotatable bonds is 7. The number of halogens is 1. The standard InChI is InChI=1S/C17H17BrN2O3S/c1-12-2-4-15(5-3-12)24-7-6-20-16(21)11-23-17(22)13-8-14(18)10-19-9-13/h2-5,8-10H,6-7,11H2,1H3,(H,20,21). The fourth-order valence-electron chi connectivity index (χ4n) is 1.78. The number of carbonyl (C=O) groups excluding carboxylic acids is 2. The minimum Gasteiger partial charge on any atom is -0.452 e. The number of benzene rings is 1. The number of nitrogens with zero attached hydrogens (tertiary/aromatic N) is 1. The first kappa shape index (κ1) is 18.5. The zero-order chi connectivity index (χ0) is 17.4. The fourth-order valence-corrected chi connectivity index (χ4v) is 2.92. The van der Waals surface area contributed by atoms with Gasteiger partial charge in [0.1, 0.15) is 0 Å². The second kappa shape index (κ2) is 9.44. The molecule has 0 aliphatic carbocycles. The second-order valence-corrected chi connectivity index (χ2v) is 7.06. The molecule has 7 heteroatoms. The number of esters is 1. The zero-order valence-electron chi connectivity index (χ0n) is 13.1. The Balaban J connectivity index is 1.64. The number of nitrogens with one attached hydrogen (secondary N) is 1. The van der Waals surface area contributed by atoms with Crippen LogP contribution in [0.5, 0.6) is 0 Å². The fraction of sp³-hybridized carbons (Fsp3) is 0.235. The number of pyridine rings is 1. The van der Waals surface area contributed by atoms with Crippen molar-refractivity contribution in [3.8, 4) is 0 Å². The minimum absolute atomic E-state index is 0.298. The van der Waals surface area contributed by atoms with Gasteiger partial charge in [-0.3, -0.25) is 9.78 Å². The highest BCUT2D eigenvalue weighted by atomic mass is 79.9. The van der Waals surface area contributed by atoms with Crippen molar-refractivity contribution in [1.82, 2.24) is 10.3 Å². The molecule has 1 aromatic carbocycles. The van der Waals surface area contributed by atoms with Gasteiger partial charge in [-0.1, -0.05) is 17.7 Å². The van der Waals surface area contributed by atoms with Gasteiger partial charge in [-0.15, -0.1) is 11.8 Å². The van der Waals surface area contributed by atoms with Crippen LogP contribution in [0, 0.1) is 6.92 Å². The van der Waals surface area contributed by atoms with E-state index < -0.39 is 5.97 Å². The van der Waals surface area contributed by atoms with Crippen molar-refractivity contribution in [3.63, 3.8) is 0 Å². The van der Waals surface area contributed by atoms with E-state index >= 15 is 0 Å². The van der Waals surface area contributed by atoms with Gasteiger partial charge in [0.05, 0.1) is 5.56 Å². The molecule has 1 amide bonds. The van der Waals surface area contributed by atoms with Crippen LogP contribution < -0.4 is 5.32 Å². The van der Waals surface area contributed by atoms with Crippen LogP contribution in [-0.4, -0.2) is 35.8 Å². The Bertz CT molecular complexity index is 707. The summed E-state index contributed by atoms with van der Waals surface area (Å²) in [6, 6.07) is 9.80. The molecule has 0 radical (unpaired) electrons. The summed E-state index contributed by atoms with van der Waals surface area (Å²) in [6.07, 6.45) is 2.96. The molecule has 24 heavy (non-hydrogen) atoms. The molecule has 1 heterocycles. The normalized spacial score (nSPS) is 10.2. The quantitative estimate of drug-likeness (QED) is 0.432. The lowest BCUT2D eigenvalue weighted by atomic mass is 10.2.